The molecule has 0 atom stereocenters. The molecule has 3 N–H and O–H groups in total. The van der Waals surface area contributed by atoms with Crippen molar-refractivity contribution in [1.82, 2.24) is 4.98 Å². The Kier molecular flexibility index (Phi) is 4.24. The predicted molar refractivity (Wildman–Crippen MR) is 79.9 cm³/mol. The van der Waals surface area contributed by atoms with Gasteiger partial charge in [-0.25, -0.2) is 13.4 Å². The molecule has 5 nitrogen and oxygen atoms in total. The number of aromatic nitrogens is 1. The monoisotopic (exact) mass is 291 g/mol. The minimum atomic E-state index is -3.71. The van der Waals surface area contributed by atoms with Crippen LogP contribution in [0, 0.1) is 0 Å². The van der Waals surface area contributed by atoms with Gasteiger partial charge in [0.25, 0.3) is 10.0 Å². The van der Waals surface area contributed by atoms with E-state index >= 15 is 0 Å². The summed E-state index contributed by atoms with van der Waals surface area (Å²) in [5.41, 5.74) is 7.28. The van der Waals surface area contributed by atoms with E-state index in [1.54, 1.807) is 12.1 Å². The number of aryl methyl sites for hydroxylation is 1. The summed E-state index contributed by atoms with van der Waals surface area (Å²) in [7, 11) is -3.71. The second-order valence-electron chi connectivity index (χ2n) is 4.44. The first-order valence-electron chi connectivity index (χ1n) is 6.35. The largest absolute Gasteiger partial charge is 0.383 e. The Morgan fingerprint density at radius 3 is 2.50 bits per heavy atom. The first-order chi connectivity index (χ1) is 9.53. The van der Waals surface area contributed by atoms with Gasteiger partial charge in [0, 0.05) is 11.9 Å². The molecule has 0 saturated carbocycles. The van der Waals surface area contributed by atoms with Crippen LogP contribution in [0.15, 0.2) is 47.5 Å². The average molecular weight is 291 g/mol. The van der Waals surface area contributed by atoms with Crippen molar-refractivity contribution in [3.63, 3.8) is 0 Å². The van der Waals surface area contributed by atoms with Crippen molar-refractivity contribution in [3.05, 3.63) is 48.2 Å². The number of sulfonamides is 1. The number of nitrogens with one attached hydrogen (secondary N) is 1. The van der Waals surface area contributed by atoms with E-state index in [-0.39, 0.29) is 10.7 Å². The quantitative estimate of drug-likeness (QED) is 0.886. The van der Waals surface area contributed by atoms with Gasteiger partial charge in [-0.05, 0) is 36.2 Å². The summed E-state index contributed by atoms with van der Waals surface area (Å²) in [4.78, 5) is 3.77. The number of hydrogen-bond donors (Lipinski definition) is 2. The molecule has 0 bridgehead atoms. The van der Waals surface area contributed by atoms with E-state index in [0.29, 0.717) is 5.69 Å². The maximum Gasteiger partial charge on any atom is 0.265 e. The molecule has 0 amide bonds. The van der Waals surface area contributed by atoms with E-state index in [1.807, 2.05) is 12.1 Å². The summed E-state index contributed by atoms with van der Waals surface area (Å²) in [5, 5.41) is 0. The Hall–Kier alpha value is -2.08. The van der Waals surface area contributed by atoms with Crippen molar-refractivity contribution in [3.8, 4) is 0 Å². The Morgan fingerprint density at radius 2 is 1.90 bits per heavy atom. The third-order valence-electron chi connectivity index (χ3n) is 2.83. The molecule has 0 aliphatic heterocycles. The van der Waals surface area contributed by atoms with Gasteiger partial charge in [0.05, 0.1) is 0 Å². The van der Waals surface area contributed by atoms with E-state index in [4.69, 9.17) is 5.73 Å². The molecule has 1 aromatic heterocycles. The highest BCUT2D eigenvalue weighted by atomic mass is 32.2. The van der Waals surface area contributed by atoms with Gasteiger partial charge in [-0.1, -0.05) is 25.5 Å². The smallest absolute Gasteiger partial charge is 0.265 e. The molecule has 0 unspecified atom stereocenters. The van der Waals surface area contributed by atoms with Gasteiger partial charge in [-0.2, -0.15) is 0 Å². The number of nitrogen functional groups attached to an aromatic ring is 1. The molecule has 0 aliphatic rings. The molecule has 0 spiro atoms. The van der Waals surface area contributed by atoms with Crippen LogP contribution >= 0.6 is 0 Å². The van der Waals surface area contributed by atoms with E-state index in [0.717, 1.165) is 12.8 Å². The molecule has 2 aromatic rings. The SMILES string of the molecule is CCCc1ccc(NS(=O)(=O)c2cccnc2N)cc1. The fraction of sp³-hybridized carbons (Fsp3) is 0.214. The summed E-state index contributed by atoms with van der Waals surface area (Å²) in [6.07, 6.45) is 3.48. The number of anilines is 2. The van der Waals surface area contributed by atoms with Gasteiger partial charge in [0.15, 0.2) is 0 Å². The summed E-state index contributed by atoms with van der Waals surface area (Å²) < 4.78 is 26.9. The van der Waals surface area contributed by atoms with Gasteiger partial charge >= 0.3 is 0 Å². The van der Waals surface area contributed by atoms with Crippen LogP contribution < -0.4 is 10.5 Å². The summed E-state index contributed by atoms with van der Waals surface area (Å²) in [6, 6.07) is 10.3. The third-order valence-corrected chi connectivity index (χ3v) is 4.26. The van der Waals surface area contributed by atoms with Crippen molar-refractivity contribution >= 4 is 21.5 Å². The first-order valence-corrected chi connectivity index (χ1v) is 7.83. The Labute approximate surface area is 118 Å². The maximum absolute atomic E-state index is 12.2. The van der Waals surface area contributed by atoms with Gasteiger partial charge < -0.3 is 5.73 Å². The molecule has 1 aromatic carbocycles. The number of nitrogens with zero attached hydrogens (tertiary/aromatic N) is 1. The lowest BCUT2D eigenvalue weighted by molar-refractivity contribution is 0.601. The minimum absolute atomic E-state index is 0.0115. The average Bonchev–Trinajstić information content (AvgIpc) is 2.41. The summed E-state index contributed by atoms with van der Waals surface area (Å²) in [5.74, 6) is -0.0115. The summed E-state index contributed by atoms with van der Waals surface area (Å²) >= 11 is 0. The predicted octanol–water partition coefficient (Wildman–Crippen LogP) is 2.42. The van der Waals surface area contributed by atoms with Gasteiger partial charge in [0.1, 0.15) is 10.7 Å². The normalized spacial score (nSPS) is 11.2. The second-order valence-corrected chi connectivity index (χ2v) is 6.09. The lowest BCUT2D eigenvalue weighted by Crippen LogP contribution is -2.15. The highest BCUT2D eigenvalue weighted by Crippen LogP contribution is 2.20. The Bertz CT molecular complexity index is 682. The third kappa shape index (κ3) is 3.27. The number of rotatable bonds is 5. The van der Waals surface area contributed by atoms with Gasteiger partial charge in [-0.15, -0.1) is 0 Å². The number of nitrogens with two attached hydrogens (primary N) is 1. The molecule has 1 heterocycles. The fourth-order valence-corrected chi connectivity index (χ4v) is 3.01. The van der Waals surface area contributed by atoms with Crippen molar-refractivity contribution < 1.29 is 8.42 Å². The first kappa shape index (κ1) is 14.3. The van der Waals surface area contributed by atoms with E-state index in [2.05, 4.69) is 16.6 Å². The molecule has 106 valence electrons. The fourth-order valence-electron chi connectivity index (χ4n) is 1.87. The molecule has 0 radical (unpaired) electrons. The van der Waals surface area contributed by atoms with Crippen molar-refractivity contribution in [1.29, 1.82) is 0 Å². The highest BCUT2D eigenvalue weighted by molar-refractivity contribution is 7.92. The molecular formula is C14H17N3O2S. The Morgan fingerprint density at radius 1 is 1.20 bits per heavy atom. The molecule has 0 saturated heterocycles. The van der Waals surface area contributed by atoms with E-state index < -0.39 is 10.0 Å². The summed E-state index contributed by atoms with van der Waals surface area (Å²) in [6.45, 7) is 2.10. The molecule has 0 fully saturated rings. The minimum Gasteiger partial charge on any atom is -0.383 e. The number of benzene rings is 1. The van der Waals surface area contributed by atoms with Gasteiger partial charge in [0.2, 0.25) is 0 Å². The van der Waals surface area contributed by atoms with Crippen LogP contribution in [0.1, 0.15) is 18.9 Å². The second kappa shape index (κ2) is 5.92. The lowest BCUT2D eigenvalue weighted by Gasteiger charge is -2.09. The van der Waals surface area contributed by atoms with Crippen LogP contribution in [-0.4, -0.2) is 13.4 Å². The molecule has 0 aliphatic carbocycles. The molecule has 2 rings (SSSR count). The van der Waals surface area contributed by atoms with E-state index in [9.17, 15) is 8.42 Å². The van der Waals surface area contributed by atoms with Crippen LogP contribution in [0.25, 0.3) is 0 Å². The standard InChI is InChI=1S/C14H17N3O2S/c1-2-4-11-6-8-12(9-7-11)17-20(18,19)13-5-3-10-16-14(13)15/h3,5-10,17H,2,4H2,1H3,(H2,15,16). The van der Waals surface area contributed by atoms with Gasteiger partial charge in [-0.3, -0.25) is 4.72 Å². The number of pyridine rings is 1. The Balaban J connectivity index is 2.22. The number of hydrogen-bond acceptors (Lipinski definition) is 4. The van der Waals surface area contributed by atoms with Crippen molar-refractivity contribution in [2.75, 3.05) is 10.5 Å². The van der Waals surface area contributed by atoms with E-state index in [1.165, 1.54) is 23.9 Å². The van der Waals surface area contributed by atoms with Crippen LogP contribution in [-0.2, 0) is 16.4 Å². The molecular weight excluding hydrogens is 274 g/mol. The molecule has 6 heteroatoms. The topological polar surface area (TPSA) is 85.1 Å². The highest BCUT2D eigenvalue weighted by Gasteiger charge is 2.17. The molecule has 20 heavy (non-hydrogen) atoms. The van der Waals surface area contributed by atoms with Crippen molar-refractivity contribution in [2.45, 2.75) is 24.7 Å². The zero-order valence-electron chi connectivity index (χ0n) is 11.2. The van der Waals surface area contributed by atoms with Crippen molar-refractivity contribution in [2.24, 2.45) is 0 Å². The maximum atomic E-state index is 12.2. The van der Waals surface area contributed by atoms with Crippen LogP contribution in [0.2, 0.25) is 0 Å². The van der Waals surface area contributed by atoms with Crippen LogP contribution in [0.4, 0.5) is 11.5 Å². The van der Waals surface area contributed by atoms with Crippen LogP contribution in [0.5, 0.6) is 0 Å². The lowest BCUT2D eigenvalue weighted by atomic mass is 10.1. The zero-order valence-corrected chi connectivity index (χ0v) is 12.0. The zero-order chi connectivity index (χ0) is 14.6. The van der Waals surface area contributed by atoms with Crippen LogP contribution in [0.3, 0.4) is 0 Å².